The number of hydrogen-bond donors (Lipinski definition) is 0. The van der Waals surface area contributed by atoms with Crippen LogP contribution >= 0.6 is 22.7 Å². The topological polar surface area (TPSA) is 33.2 Å². The molecule has 0 N–H and O–H groups in total. The van der Waals surface area contributed by atoms with E-state index in [0.717, 1.165) is 16.6 Å². The van der Waals surface area contributed by atoms with Crippen LogP contribution in [-0.2, 0) is 11.2 Å². The summed E-state index contributed by atoms with van der Waals surface area (Å²) in [6.07, 6.45) is 9.10. The second kappa shape index (κ2) is 7.58. The van der Waals surface area contributed by atoms with Crippen molar-refractivity contribution in [2.75, 3.05) is 0 Å². The fraction of sp³-hybridized carbons (Fsp3) is 0.600. The summed E-state index contributed by atoms with van der Waals surface area (Å²) in [5.41, 5.74) is 0.936. The van der Waals surface area contributed by atoms with Crippen LogP contribution in [-0.4, -0.2) is 27.9 Å². The first-order chi connectivity index (χ1) is 12.2. The molecule has 134 valence electrons. The number of aromatic nitrogens is 1. The Morgan fingerprint density at radius 1 is 1.16 bits per heavy atom. The van der Waals surface area contributed by atoms with Gasteiger partial charge in [-0.2, -0.15) is 0 Å². The first-order valence-corrected chi connectivity index (χ1v) is 11.3. The maximum atomic E-state index is 13.0. The molecule has 0 unspecified atom stereocenters. The van der Waals surface area contributed by atoms with Gasteiger partial charge in [-0.05, 0) is 55.9 Å². The lowest BCUT2D eigenvalue weighted by Gasteiger charge is -2.37. The summed E-state index contributed by atoms with van der Waals surface area (Å²) in [5.74, 6) is 1.17. The Morgan fingerprint density at radius 2 is 1.88 bits per heavy atom. The van der Waals surface area contributed by atoms with Gasteiger partial charge in [-0.15, -0.1) is 22.7 Å². The highest BCUT2D eigenvalue weighted by Gasteiger charge is 2.38. The van der Waals surface area contributed by atoms with Crippen molar-refractivity contribution in [3.05, 3.63) is 28.6 Å². The number of nitrogens with zero attached hydrogens (tertiary/aromatic N) is 2. The molecule has 25 heavy (non-hydrogen) atoms. The molecule has 3 nitrogen and oxygen atoms in total. The van der Waals surface area contributed by atoms with E-state index >= 15 is 0 Å². The molecule has 2 fully saturated rings. The van der Waals surface area contributed by atoms with Crippen molar-refractivity contribution in [1.29, 1.82) is 0 Å². The number of thiazole rings is 1. The van der Waals surface area contributed by atoms with Crippen LogP contribution in [0.25, 0.3) is 9.88 Å². The second-order valence-corrected chi connectivity index (χ2v) is 9.22. The largest absolute Gasteiger partial charge is 0.336 e. The molecule has 0 aromatic carbocycles. The predicted octanol–water partition coefficient (Wildman–Crippen LogP) is 5.37. The fourth-order valence-corrected chi connectivity index (χ4v) is 5.67. The third-order valence-corrected chi connectivity index (χ3v) is 7.56. The van der Waals surface area contributed by atoms with Gasteiger partial charge >= 0.3 is 0 Å². The summed E-state index contributed by atoms with van der Waals surface area (Å²) in [4.78, 5) is 21.2. The van der Waals surface area contributed by atoms with E-state index in [4.69, 9.17) is 4.98 Å². The summed E-state index contributed by atoms with van der Waals surface area (Å²) in [7, 11) is 0. The van der Waals surface area contributed by atoms with E-state index in [-0.39, 0.29) is 0 Å². The lowest BCUT2D eigenvalue weighted by atomic mass is 9.83. The summed E-state index contributed by atoms with van der Waals surface area (Å²) in [6, 6.07) is 5.12. The van der Waals surface area contributed by atoms with Gasteiger partial charge in [0.05, 0.1) is 17.0 Å². The first kappa shape index (κ1) is 17.2. The lowest BCUT2D eigenvalue weighted by Crippen LogP contribution is -2.44. The van der Waals surface area contributed by atoms with E-state index in [1.807, 2.05) is 6.07 Å². The third kappa shape index (κ3) is 3.98. The average molecular weight is 375 g/mol. The maximum absolute atomic E-state index is 13.0. The van der Waals surface area contributed by atoms with E-state index in [9.17, 15) is 4.79 Å². The highest BCUT2D eigenvalue weighted by Crippen LogP contribution is 2.37. The van der Waals surface area contributed by atoms with Gasteiger partial charge in [0.2, 0.25) is 5.91 Å². The van der Waals surface area contributed by atoms with Crippen molar-refractivity contribution in [3.63, 3.8) is 0 Å². The molecule has 0 aliphatic heterocycles. The van der Waals surface area contributed by atoms with Gasteiger partial charge in [0.25, 0.3) is 0 Å². The molecule has 2 heterocycles. The van der Waals surface area contributed by atoms with Gasteiger partial charge in [-0.3, -0.25) is 4.79 Å². The van der Waals surface area contributed by atoms with E-state index in [1.54, 1.807) is 22.7 Å². The Bertz CT molecular complexity index is 697. The molecule has 4 rings (SSSR count). The predicted molar refractivity (Wildman–Crippen MR) is 105 cm³/mol. The average Bonchev–Trinajstić information content (AvgIpc) is 3.12. The Hall–Kier alpha value is -1.20. The third-order valence-electron chi connectivity index (χ3n) is 5.63. The van der Waals surface area contributed by atoms with Crippen LogP contribution in [0, 0.1) is 5.92 Å². The van der Waals surface area contributed by atoms with Gasteiger partial charge in [-0.25, -0.2) is 4.98 Å². The number of carbonyl (C=O) groups excluding carboxylic acids is 1. The SMILES string of the molecule is CCC1CCC(N(C(=O)Cc2csc(-c3cccs3)n2)C2CC2)CC1. The zero-order valence-corrected chi connectivity index (χ0v) is 16.5. The van der Waals surface area contributed by atoms with Crippen molar-refractivity contribution in [2.45, 2.75) is 70.4 Å². The quantitative estimate of drug-likeness (QED) is 0.680. The molecule has 0 saturated heterocycles. The molecule has 0 spiro atoms. The first-order valence-electron chi connectivity index (χ1n) is 9.54. The molecule has 2 aliphatic rings. The van der Waals surface area contributed by atoms with Crippen LogP contribution in [0.1, 0.15) is 57.6 Å². The fourth-order valence-electron chi connectivity index (χ4n) is 4.04. The number of rotatable bonds is 6. The van der Waals surface area contributed by atoms with Crippen LogP contribution in [0.15, 0.2) is 22.9 Å². The van der Waals surface area contributed by atoms with E-state index in [1.165, 1.54) is 49.8 Å². The van der Waals surface area contributed by atoms with Crippen molar-refractivity contribution >= 4 is 28.6 Å². The van der Waals surface area contributed by atoms with Crippen LogP contribution in [0.3, 0.4) is 0 Å². The molecule has 2 saturated carbocycles. The lowest BCUT2D eigenvalue weighted by molar-refractivity contribution is -0.134. The van der Waals surface area contributed by atoms with Gasteiger partial charge in [0, 0.05) is 17.5 Å². The monoisotopic (exact) mass is 374 g/mol. The standard InChI is InChI=1S/C20H26N2OS2/c1-2-14-5-7-16(8-6-14)22(17-9-10-17)19(23)12-15-13-25-20(21-15)18-4-3-11-24-18/h3-4,11,13-14,16-17H,2,5-10,12H2,1H3. The Balaban J connectivity index is 1.41. The highest BCUT2D eigenvalue weighted by molar-refractivity contribution is 7.20. The smallest absolute Gasteiger partial charge is 0.229 e. The Morgan fingerprint density at radius 3 is 2.48 bits per heavy atom. The maximum Gasteiger partial charge on any atom is 0.229 e. The van der Waals surface area contributed by atoms with Gasteiger partial charge < -0.3 is 4.90 Å². The second-order valence-electron chi connectivity index (χ2n) is 7.41. The number of thiophene rings is 1. The molecular formula is C20H26N2OS2. The van der Waals surface area contributed by atoms with Gasteiger partial charge in [0.1, 0.15) is 5.01 Å². The van der Waals surface area contributed by atoms with Crippen molar-refractivity contribution in [2.24, 2.45) is 5.92 Å². The van der Waals surface area contributed by atoms with Crippen LogP contribution in [0.4, 0.5) is 0 Å². The minimum Gasteiger partial charge on any atom is -0.336 e. The van der Waals surface area contributed by atoms with Crippen molar-refractivity contribution in [1.82, 2.24) is 9.88 Å². The van der Waals surface area contributed by atoms with E-state index in [2.05, 4.69) is 28.7 Å². The Kier molecular flexibility index (Phi) is 5.23. The van der Waals surface area contributed by atoms with Crippen LogP contribution in [0.2, 0.25) is 0 Å². The van der Waals surface area contributed by atoms with E-state index in [0.29, 0.717) is 24.4 Å². The molecule has 0 bridgehead atoms. The molecule has 2 aromatic rings. The minimum absolute atomic E-state index is 0.297. The summed E-state index contributed by atoms with van der Waals surface area (Å²) < 4.78 is 0. The molecule has 0 radical (unpaired) electrons. The molecule has 0 atom stereocenters. The van der Waals surface area contributed by atoms with E-state index < -0.39 is 0 Å². The number of hydrogen-bond acceptors (Lipinski definition) is 4. The number of carbonyl (C=O) groups is 1. The molecule has 2 aromatic heterocycles. The van der Waals surface area contributed by atoms with Crippen LogP contribution < -0.4 is 0 Å². The summed E-state index contributed by atoms with van der Waals surface area (Å²) in [6.45, 7) is 2.29. The zero-order valence-electron chi connectivity index (χ0n) is 14.8. The molecule has 1 amide bonds. The Labute approximate surface area is 158 Å². The van der Waals surface area contributed by atoms with Crippen molar-refractivity contribution < 1.29 is 4.79 Å². The highest BCUT2D eigenvalue weighted by atomic mass is 32.1. The summed E-state index contributed by atoms with van der Waals surface area (Å²) >= 11 is 3.36. The summed E-state index contributed by atoms with van der Waals surface area (Å²) in [5, 5.41) is 5.17. The molecule has 5 heteroatoms. The zero-order chi connectivity index (χ0) is 17.2. The van der Waals surface area contributed by atoms with Gasteiger partial charge in [0.15, 0.2) is 0 Å². The number of amides is 1. The minimum atomic E-state index is 0.297. The van der Waals surface area contributed by atoms with Crippen molar-refractivity contribution in [3.8, 4) is 9.88 Å². The molecular weight excluding hydrogens is 348 g/mol. The molecule has 2 aliphatic carbocycles. The van der Waals surface area contributed by atoms with Crippen LogP contribution in [0.5, 0.6) is 0 Å². The normalized spacial score (nSPS) is 23.6. The van der Waals surface area contributed by atoms with Gasteiger partial charge in [-0.1, -0.05) is 19.4 Å².